The average molecular weight is 320 g/mol. The first-order valence-corrected chi connectivity index (χ1v) is 4.53. The number of carbonyl (C=O) groups excluding carboxylic acids is 2. The van der Waals surface area contributed by atoms with Gasteiger partial charge in [-0.05, 0) is 0 Å². The standard InChI is InChI=1S/C8H5F9O3/c9-5(10,1-2-20-4(19)3-18)6(11,12)7(13,14)8(15,16)17/h3H,1-2H2. The summed E-state index contributed by atoms with van der Waals surface area (Å²) >= 11 is 0. The van der Waals surface area contributed by atoms with Crippen LogP contribution in [-0.2, 0) is 14.3 Å². The Labute approximate surface area is 104 Å². The molecule has 0 radical (unpaired) electrons. The molecule has 0 fully saturated rings. The lowest BCUT2D eigenvalue weighted by Crippen LogP contribution is -2.61. The van der Waals surface area contributed by atoms with E-state index in [4.69, 9.17) is 0 Å². The topological polar surface area (TPSA) is 43.4 Å². The van der Waals surface area contributed by atoms with E-state index < -0.39 is 49.2 Å². The zero-order chi connectivity index (χ0) is 16.4. The summed E-state index contributed by atoms with van der Waals surface area (Å²) in [5.74, 6) is -21.3. The summed E-state index contributed by atoms with van der Waals surface area (Å²) in [6.07, 6.45) is -9.77. The molecule has 0 amide bonds. The molecule has 0 unspecified atom stereocenters. The number of rotatable bonds is 6. The Morgan fingerprint density at radius 3 is 1.70 bits per heavy atom. The second kappa shape index (κ2) is 5.48. The number of aldehydes is 1. The van der Waals surface area contributed by atoms with E-state index in [2.05, 4.69) is 4.74 Å². The third-order valence-corrected chi connectivity index (χ3v) is 1.97. The average Bonchev–Trinajstić information content (AvgIpc) is 2.26. The molecular weight excluding hydrogens is 315 g/mol. The van der Waals surface area contributed by atoms with Crippen molar-refractivity contribution in [3.05, 3.63) is 0 Å². The summed E-state index contributed by atoms with van der Waals surface area (Å²) in [5.41, 5.74) is 0. The van der Waals surface area contributed by atoms with Gasteiger partial charge in [0.15, 0.2) is 0 Å². The van der Waals surface area contributed by atoms with Crippen LogP contribution in [0.1, 0.15) is 6.42 Å². The van der Waals surface area contributed by atoms with Crippen LogP contribution in [-0.4, -0.2) is 42.8 Å². The van der Waals surface area contributed by atoms with Crippen molar-refractivity contribution >= 4 is 12.3 Å². The van der Waals surface area contributed by atoms with Gasteiger partial charge >= 0.3 is 29.9 Å². The van der Waals surface area contributed by atoms with Gasteiger partial charge in [0, 0.05) is 0 Å². The predicted octanol–water partition coefficient (Wildman–Crippen LogP) is 2.59. The fourth-order valence-electron chi connectivity index (χ4n) is 0.879. The van der Waals surface area contributed by atoms with Gasteiger partial charge in [0.05, 0.1) is 13.0 Å². The maximum Gasteiger partial charge on any atom is 0.460 e. The van der Waals surface area contributed by atoms with Crippen LogP contribution < -0.4 is 0 Å². The normalized spacial score (nSPS) is 14.1. The number of ether oxygens (including phenoxy) is 1. The largest absolute Gasteiger partial charge is 0.460 e. The van der Waals surface area contributed by atoms with E-state index in [1.54, 1.807) is 0 Å². The maximum atomic E-state index is 12.8. The summed E-state index contributed by atoms with van der Waals surface area (Å²) in [4.78, 5) is 19.8. The molecule has 0 aromatic carbocycles. The number of alkyl halides is 9. The highest BCUT2D eigenvalue weighted by molar-refractivity contribution is 6.20. The zero-order valence-corrected chi connectivity index (χ0v) is 9.12. The van der Waals surface area contributed by atoms with E-state index >= 15 is 0 Å². The van der Waals surface area contributed by atoms with Crippen LogP contribution in [0, 0.1) is 0 Å². The van der Waals surface area contributed by atoms with Crippen molar-refractivity contribution in [3.63, 3.8) is 0 Å². The van der Waals surface area contributed by atoms with Gasteiger partial charge in [0.25, 0.3) is 0 Å². The van der Waals surface area contributed by atoms with Gasteiger partial charge in [0.2, 0.25) is 6.29 Å². The molecule has 0 aliphatic rings. The Balaban J connectivity index is 5.07. The second-order valence-corrected chi connectivity index (χ2v) is 3.39. The fraction of sp³-hybridized carbons (Fsp3) is 0.750. The molecule has 0 rings (SSSR count). The third kappa shape index (κ3) is 3.33. The number of carbonyl (C=O) groups is 2. The van der Waals surface area contributed by atoms with Gasteiger partial charge < -0.3 is 4.74 Å². The van der Waals surface area contributed by atoms with E-state index in [0.717, 1.165) is 0 Å². The van der Waals surface area contributed by atoms with E-state index in [9.17, 15) is 49.1 Å². The smallest absolute Gasteiger partial charge is 0.460 e. The SMILES string of the molecule is O=CC(=O)OCCC(F)(F)C(F)(F)C(F)(F)C(F)(F)F. The summed E-state index contributed by atoms with van der Waals surface area (Å²) < 4.78 is 114. The Bertz CT molecular complexity index is 374. The molecule has 12 heteroatoms. The summed E-state index contributed by atoms with van der Waals surface area (Å²) in [6, 6.07) is 0. The van der Waals surface area contributed by atoms with Crippen LogP contribution >= 0.6 is 0 Å². The molecule has 20 heavy (non-hydrogen) atoms. The Kier molecular flexibility index (Phi) is 5.07. The lowest BCUT2D eigenvalue weighted by Gasteiger charge is -2.33. The lowest BCUT2D eigenvalue weighted by molar-refractivity contribution is -0.397. The fourth-order valence-corrected chi connectivity index (χ4v) is 0.879. The highest BCUT2D eigenvalue weighted by Gasteiger charge is 2.81. The molecule has 118 valence electrons. The van der Waals surface area contributed by atoms with Gasteiger partial charge in [0.1, 0.15) is 0 Å². The van der Waals surface area contributed by atoms with Crippen molar-refractivity contribution in [1.82, 2.24) is 0 Å². The molecular formula is C8H5F9O3. The molecule has 0 aliphatic carbocycles. The van der Waals surface area contributed by atoms with Gasteiger partial charge in [-0.3, -0.25) is 4.79 Å². The maximum absolute atomic E-state index is 12.8. The number of hydrogen-bond donors (Lipinski definition) is 0. The molecule has 0 aromatic rings. The van der Waals surface area contributed by atoms with Crippen molar-refractivity contribution in [2.24, 2.45) is 0 Å². The Morgan fingerprint density at radius 2 is 1.35 bits per heavy atom. The monoisotopic (exact) mass is 320 g/mol. The lowest BCUT2D eigenvalue weighted by atomic mass is 10.0. The van der Waals surface area contributed by atoms with Crippen LogP contribution in [0.2, 0.25) is 0 Å². The van der Waals surface area contributed by atoms with Crippen molar-refractivity contribution in [2.45, 2.75) is 30.4 Å². The van der Waals surface area contributed by atoms with Crippen LogP contribution in [0.3, 0.4) is 0 Å². The van der Waals surface area contributed by atoms with Crippen molar-refractivity contribution < 1.29 is 53.8 Å². The molecule has 0 atom stereocenters. The molecule has 3 nitrogen and oxygen atoms in total. The van der Waals surface area contributed by atoms with E-state index in [1.807, 2.05) is 0 Å². The Morgan fingerprint density at radius 1 is 0.900 bits per heavy atom. The minimum Gasteiger partial charge on any atom is -0.460 e. The summed E-state index contributed by atoms with van der Waals surface area (Å²) in [5, 5.41) is 0. The molecule has 0 heterocycles. The highest BCUT2D eigenvalue weighted by Crippen LogP contribution is 2.53. The van der Waals surface area contributed by atoms with Crippen LogP contribution in [0.4, 0.5) is 39.5 Å². The molecule has 0 aromatic heterocycles. The zero-order valence-electron chi connectivity index (χ0n) is 9.12. The van der Waals surface area contributed by atoms with Crippen molar-refractivity contribution in [1.29, 1.82) is 0 Å². The quantitative estimate of drug-likeness (QED) is 0.327. The van der Waals surface area contributed by atoms with Crippen LogP contribution in [0.25, 0.3) is 0 Å². The van der Waals surface area contributed by atoms with Gasteiger partial charge in [-0.15, -0.1) is 0 Å². The third-order valence-electron chi connectivity index (χ3n) is 1.97. The minimum absolute atomic E-state index is 0.541. The van der Waals surface area contributed by atoms with Crippen LogP contribution in [0.15, 0.2) is 0 Å². The van der Waals surface area contributed by atoms with E-state index in [0.29, 0.717) is 0 Å². The second-order valence-electron chi connectivity index (χ2n) is 3.39. The summed E-state index contributed by atoms with van der Waals surface area (Å²) in [6.45, 7) is -1.64. The van der Waals surface area contributed by atoms with Gasteiger partial charge in [-0.25, -0.2) is 4.79 Å². The molecule has 0 saturated heterocycles. The van der Waals surface area contributed by atoms with E-state index in [-0.39, 0.29) is 0 Å². The molecule has 0 aliphatic heterocycles. The molecule has 0 N–H and O–H groups in total. The van der Waals surface area contributed by atoms with Crippen LogP contribution in [0.5, 0.6) is 0 Å². The van der Waals surface area contributed by atoms with Gasteiger partial charge in [-0.2, -0.15) is 39.5 Å². The minimum atomic E-state index is -6.99. The van der Waals surface area contributed by atoms with Gasteiger partial charge in [-0.1, -0.05) is 0 Å². The molecule has 0 saturated carbocycles. The predicted molar refractivity (Wildman–Crippen MR) is 42.5 cm³/mol. The van der Waals surface area contributed by atoms with E-state index in [1.165, 1.54) is 0 Å². The first kappa shape index (κ1) is 18.5. The summed E-state index contributed by atoms with van der Waals surface area (Å²) in [7, 11) is 0. The molecule has 0 spiro atoms. The first-order chi connectivity index (χ1) is 8.70. The Hall–Kier alpha value is -1.49. The van der Waals surface area contributed by atoms with Crippen molar-refractivity contribution in [3.8, 4) is 0 Å². The number of hydrogen-bond acceptors (Lipinski definition) is 3. The number of halogens is 9. The highest BCUT2D eigenvalue weighted by atomic mass is 19.4. The molecule has 0 bridgehead atoms. The first-order valence-electron chi connectivity index (χ1n) is 4.53. The van der Waals surface area contributed by atoms with Crippen molar-refractivity contribution in [2.75, 3.05) is 6.61 Å². The number of esters is 1.